The topological polar surface area (TPSA) is 73.6 Å². The second kappa shape index (κ2) is 7.57. The third-order valence-corrected chi connectivity index (χ3v) is 3.85. The monoisotopic (exact) mass is 392 g/mol. The number of halogens is 1. The summed E-state index contributed by atoms with van der Waals surface area (Å²) in [4.78, 5) is 12.5. The van der Waals surface area contributed by atoms with Gasteiger partial charge in [-0.3, -0.25) is 4.79 Å². The molecule has 2 aromatic rings. The highest BCUT2D eigenvalue weighted by atomic mass is 79.9. The van der Waals surface area contributed by atoms with Gasteiger partial charge >= 0.3 is 0 Å². The number of hydrogen-bond donors (Lipinski definition) is 2. The van der Waals surface area contributed by atoms with E-state index in [1.165, 1.54) is 0 Å². The fourth-order valence-corrected chi connectivity index (χ4v) is 2.78. The summed E-state index contributed by atoms with van der Waals surface area (Å²) >= 11 is 3.41. The van der Waals surface area contributed by atoms with Crippen LogP contribution >= 0.6 is 15.9 Å². The number of nitrogens with one attached hydrogen (secondary N) is 1. The van der Waals surface area contributed by atoms with Crippen LogP contribution in [0.1, 0.15) is 29.8 Å². The van der Waals surface area contributed by atoms with E-state index in [0.29, 0.717) is 28.4 Å². The number of anilines is 2. The Morgan fingerprint density at radius 3 is 2.54 bits per heavy atom. The third-order valence-electron chi connectivity index (χ3n) is 3.39. The highest BCUT2D eigenvalue weighted by Gasteiger charge is 2.14. The molecule has 0 bridgehead atoms. The van der Waals surface area contributed by atoms with Crippen LogP contribution in [0.3, 0.4) is 0 Å². The molecule has 0 aromatic heterocycles. The lowest BCUT2D eigenvalue weighted by atomic mass is 10.1. The van der Waals surface area contributed by atoms with Crippen molar-refractivity contribution in [2.75, 3.05) is 18.2 Å². The minimum Gasteiger partial charge on any atom is -0.493 e. The molecule has 0 heterocycles. The minimum absolute atomic E-state index is 0.0167. The Hall–Kier alpha value is -2.21. The van der Waals surface area contributed by atoms with E-state index in [2.05, 4.69) is 21.2 Å². The molecule has 0 saturated heterocycles. The maximum absolute atomic E-state index is 12.5. The van der Waals surface area contributed by atoms with Crippen molar-refractivity contribution in [3.63, 3.8) is 0 Å². The summed E-state index contributed by atoms with van der Waals surface area (Å²) < 4.78 is 11.8. The zero-order valence-corrected chi connectivity index (χ0v) is 15.7. The van der Waals surface area contributed by atoms with Gasteiger partial charge in [-0.25, -0.2) is 0 Å². The third kappa shape index (κ3) is 4.20. The van der Waals surface area contributed by atoms with Gasteiger partial charge in [0.05, 0.1) is 24.6 Å². The molecule has 2 aromatic carbocycles. The standard InChI is InChI=1S/C18H21BrN2O3/c1-10(2)24-15-6-5-12(8-16(15)23-4)18(22)21-14-9-13(19)7-11(3)17(14)20/h5-10H,20H2,1-4H3,(H,21,22). The molecule has 0 saturated carbocycles. The van der Waals surface area contributed by atoms with Crippen molar-refractivity contribution in [1.82, 2.24) is 0 Å². The molecule has 1 amide bonds. The van der Waals surface area contributed by atoms with E-state index >= 15 is 0 Å². The highest BCUT2D eigenvalue weighted by Crippen LogP contribution is 2.31. The Balaban J connectivity index is 2.27. The summed E-state index contributed by atoms with van der Waals surface area (Å²) in [7, 11) is 1.54. The number of ether oxygens (including phenoxy) is 2. The summed E-state index contributed by atoms with van der Waals surface area (Å²) in [5.41, 5.74) is 8.48. The number of nitrogens with two attached hydrogens (primary N) is 1. The first kappa shape index (κ1) is 18.1. The summed E-state index contributed by atoms with van der Waals surface area (Å²) in [5, 5.41) is 2.83. The molecular weight excluding hydrogens is 372 g/mol. The Morgan fingerprint density at radius 1 is 1.21 bits per heavy atom. The van der Waals surface area contributed by atoms with E-state index < -0.39 is 0 Å². The number of rotatable bonds is 5. The van der Waals surface area contributed by atoms with Crippen LogP contribution in [-0.2, 0) is 0 Å². The highest BCUT2D eigenvalue weighted by molar-refractivity contribution is 9.10. The SMILES string of the molecule is COc1cc(C(=O)Nc2cc(Br)cc(C)c2N)ccc1OC(C)C. The van der Waals surface area contributed by atoms with Crippen LogP contribution in [0.4, 0.5) is 11.4 Å². The molecule has 0 aliphatic carbocycles. The summed E-state index contributed by atoms with van der Waals surface area (Å²) in [5.74, 6) is 0.838. The summed E-state index contributed by atoms with van der Waals surface area (Å²) in [6, 6.07) is 8.73. The van der Waals surface area contributed by atoms with Crippen molar-refractivity contribution in [2.45, 2.75) is 26.9 Å². The minimum atomic E-state index is -0.270. The van der Waals surface area contributed by atoms with Crippen LogP contribution in [0.5, 0.6) is 11.5 Å². The smallest absolute Gasteiger partial charge is 0.255 e. The van der Waals surface area contributed by atoms with E-state index in [1.54, 1.807) is 31.4 Å². The summed E-state index contributed by atoms with van der Waals surface area (Å²) in [6.07, 6.45) is 0.0167. The van der Waals surface area contributed by atoms with E-state index in [4.69, 9.17) is 15.2 Å². The lowest BCUT2D eigenvalue weighted by Gasteiger charge is -2.15. The van der Waals surface area contributed by atoms with Gasteiger partial charge in [-0.2, -0.15) is 0 Å². The Labute approximate surface area is 150 Å². The van der Waals surface area contributed by atoms with Crippen molar-refractivity contribution in [3.8, 4) is 11.5 Å². The first-order valence-corrected chi connectivity index (χ1v) is 8.32. The van der Waals surface area contributed by atoms with Gasteiger partial charge in [0.2, 0.25) is 0 Å². The van der Waals surface area contributed by atoms with Crippen molar-refractivity contribution >= 4 is 33.2 Å². The first-order valence-electron chi connectivity index (χ1n) is 7.53. The van der Waals surface area contributed by atoms with Gasteiger partial charge in [0, 0.05) is 10.0 Å². The van der Waals surface area contributed by atoms with E-state index in [1.807, 2.05) is 26.8 Å². The molecule has 6 heteroatoms. The molecule has 24 heavy (non-hydrogen) atoms. The molecule has 128 valence electrons. The van der Waals surface area contributed by atoms with Crippen molar-refractivity contribution in [2.24, 2.45) is 0 Å². The Morgan fingerprint density at radius 2 is 1.92 bits per heavy atom. The molecule has 3 N–H and O–H groups in total. The molecule has 0 atom stereocenters. The van der Waals surface area contributed by atoms with Crippen LogP contribution in [0.15, 0.2) is 34.8 Å². The molecule has 0 spiro atoms. The molecule has 0 aliphatic heterocycles. The van der Waals surface area contributed by atoms with Gasteiger partial charge in [0.25, 0.3) is 5.91 Å². The van der Waals surface area contributed by atoms with Gasteiger partial charge in [0.1, 0.15) is 0 Å². The number of nitrogen functional groups attached to an aromatic ring is 1. The number of amides is 1. The predicted octanol–water partition coefficient (Wildman–Crippen LogP) is 4.39. The van der Waals surface area contributed by atoms with Crippen LogP contribution < -0.4 is 20.5 Å². The van der Waals surface area contributed by atoms with Crippen molar-refractivity contribution in [3.05, 3.63) is 45.9 Å². The lowest BCUT2D eigenvalue weighted by Crippen LogP contribution is -2.14. The van der Waals surface area contributed by atoms with Gasteiger partial charge < -0.3 is 20.5 Å². The maximum Gasteiger partial charge on any atom is 0.255 e. The number of carbonyl (C=O) groups excluding carboxylic acids is 1. The van der Waals surface area contributed by atoms with E-state index in [9.17, 15) is 4.79 Å². The second-order valence-corrected chi connectivity index (χ2v) is 6.59. The number of hydrogen-bond acceptors (Lipinski definition) is 4. The molecule has 0 fully saturated rings. The van der Waals surface area contributed by atoms with Crippen LogP contribution in [0.25, 0.3) is 0 Å². The molecule has 2 rings (SSSR count). The number of benzene rings is 2. The second-order valence-electron chi connectivity index (χ2n) is 5.67. The molecule has 0 unspecified atom stereocenters. The van der Waals surface area contributed by atoms with Gasteiger partial charge in [-0.1, -0.05) is 15.9 Å². The van der Waals surface area contributed by atoms with Gasteiger partial charge in [0.15, 0.2) is 11.5 Å². The molecule has 0 aliphatic rings. The predicted molar refractivity (Wildman–Crippen MR) is 100 cm³/mol. The Bertz CT molecular complexity index is 760. The largest absolute Gasteiger partial charge is 0.493 e. The fraction of sp³-hybridized carbons (Fsp3) is 0.278. The number of aryl methyl sites for hydroxylation is 1. The normalized spacial score (nSPS) is 10.6. The van der Waals surface area contributed by atoms with Crippen LogP contribution in [-0.4, -0.2) is 19.1 Å². The zero-order chi connectivity index (χ0) is 17.9. The fourth-order valence-electron chi connectivity index (χ4n) is 2.21. The van der Waals surface area contributed by atoms with Crippen LogP contribution in [0, 0.1) is 6.92 Å². The lowest BCUT2D eigenvalue weighted by molar-refractivity contribution is 0.102. The van der Waals surface area contributed by atoms with Crippen molar-refractivity contribution in [1.29, 1.82) is 0 Å². The quantitative estimate of drug-likeness (QED) is 0.739. The number of methoxy groups -OCH3 is 1. The Kier molecular flexibility index (Phi) is 5.72. The average Bonchev–Trinajstić information content (AvgIpc) is 2.51. The average molecular weight is 393 g/mol. The molecule has 0 radical (unpaired) electrons. The number of carbonyl (C=O) groups is 1. The van der Waals surface area contributed by atoms with Crippen molar-refractivity contribution < 1.29 is 14.3 Å². The molecular formula is C18H21BrN2O3. The van der Waals surface area contributed by atoms with Crippen LogP contribution in [0.2, 0.25) is 0 Å². The van der Waals surface area contributed by atoms with Gasteiger partial charge in [-0.15, -0.1) is 0 Å². The van der Waals surface area contributed by atoms with Gasteiger partial charge in [-0.05, 0) is 56.7 Å². The summed E-state index contributed by atoms with van der Waals surface area (Å²) in [6.45, 7) is 5.74. The maximum atomic E-state index is 12.5. The molecule has 5 nitrogen and oxygen atoms in total. The zero-order valence-electron chi connectivity index (χ0n) is 14.1. The van der Waals surface area contributed by atoms with E-state index in [-0.39, 0.29) is 12.0 Å². The first-order chi connectivity index (χ1) is 11.3. The van der Waals surface area contributed by atoms with E-state index in [0.717, 1.165) is 10.0 Å².